The molecule has 0 saturated heterocycles. The minimum atomic E-state index is -0.247. The molecule has 6 heteroatoms. The van der Waals surface area contributed by atoms with E-state index in [1.54, 1.807) is 24.5 Å². The van der Waals surface area contributed by atoms with Crippen LogP contribution in [0, 0.1) is 0 Å². The molecule has 0 aliphatic heterocycles. The summed E-state index contributed by atoms with van der Waals surface area (Å²) < 4.78 is 0.734. The predicted molar refractivity (Wildman–Crippen MR) is 78.3 cm³/mol. The topological polar surface area (TPSA) is 66.9 Å². The van der Waals surface area contributed by atoms with E-state index in [2.05, 4.69) is 36.5 Å². The molecule has 1 amide bonds. The van der Waals surface area contributed by atoms with Gasteiger partial charge in [-0.3, -0.25) is 9.78 Å². The van der Waals surface area contributed by atoms with Crippen LogP contribution in [0.25, 0.3) is 0 Å². The minimum Gasteiger partial charge on any atom is -0.385 e. The van der Waals surface area contributed by atoms with Crippen molar-refractivity contribution in [3.05, 3.63) is 46.8 Å². The normalized spacial score (nSPS) is 10.0. The van der Waals surface area contributed by atoms with E-state index in [-0.39, 0.29) is 5.91 Å². The maximum Gasteiger partial charge on any atom is 0.260 e. The Morgan fingerprint density at radius 2 is 2.21 bits per heavy atom. The Morgan fingerprint density at radius 1 is 1.37 bits per heavy atom. The van der Waals surface area contributed by atoms with Crippen LogP contribution in [0.4, 0.5) is 11.5 Å². The van der Waals surface area contributed by atoms with Crippen molar-refractivity contribution in [1.82, 2.24) is 9.97 Å². The molecule has 2 aromatic rings. The number of hydrogen-bond donors (Lipinski definition) is 2. The standard InChI is InChI=1S/C13H13BrN4O/c1-2-16-11-5-7-15-8-9(11)13(19)18-12-10(14)4-3-6-17-12/h3-8H,2H2,1H3,(H,15,16)(H,17,18,19). The van der Waals surface area contributed by atoms with E-state index in [1.165, 1.54) is 6.20 Å². The number of nitrogens with zero attached hydrogens (tertiary/aromatic N) is 2. The summed E-state index contributed by atoms with van der Waals surface area (Å²) in [5.41, 5.74) is 1.24. The van der Waals surface area contributed by atoms with Gasteiger partial charge in [-0.05, 0) is 41.1 Å². The van der Waals surface area contributed by atoms with Crippen LogP contribution in [0.15, 0.2) is 41.3 Å². The number of hydrogen-bond acceptors (Lipinski definition) is 4. The Labute approximate surface area is 119 Å². The van der Waals surface area contributed by atoms with Crippen molar-refractivity contribution in [2.45, 2.75) is 6.92 Å². The molecule has 0 bridgehead atoms. The van der Waals surface area contributed by atoms with Gasteiger partial charge >= 0.3 is 0 Å². The van der Waals surface area contributed by atoms with Crippen LogP contribution in [0.1, 0.15) is 17.3 Å². The number of carbonyl (C=O) groups excluding carboxylic acids is 1. The first-order valence-electron chi connectivity index (χ1n) is 5.82. The zero-order valence-electron chi connectivity index (χ0n) is 10.4. The van der Waals surface area contributed by atoms with Gasteiger partial charge in [0.1, 0.15) is 5.82 Å². The van der Waals surface area contributed by atoms with Crippen LogP contribution in [0.3, 0.4) is 0 Å². The van der Waals surface area contributed by atoms with E-state index in [0.717, 1.165) is 16.7 Å². The van der Waals surface area contributed by atoms with Gasteiger partial charge in [-0.25, -0.2) is 4.98 Å². The van der Waals surface area contributed by atoms with Gasteiger partial charge in [-0.2, -0.15) is 0 Å². The zero-order chi connectivity index (χ0) is 13.7. The lowest BCUT2D eigenvalue weighted by atomic mass is 10.2. The Balaban J connectivity index is 2.23. The molecule has 2 N–H and O–H groups in total. The van der Waals surface area contributed by atoms with Gasteiger partial charge in [0, 0.05) is 25.1 Å². The summed E-state index contributed by atoms with van der Waals surface area (Å²) in [7, 11) is 0. The van der Waals surface area contributed by atoms with E-state index >= 15 is 0 Å². The van der Waals surface area contributed by atoms with Gasteiger partial charge in [-0.1, -0.05) is 0 Å². The summed E-state index contributed by atoms with van der Waals surface area (Å²) in [5.74, 6) is 0.238. The van der Waals surface area contributed by atoms with Crippen molar-refractivity contribution < 1.29 is 4.79 Å². The maximum atomic E-state index is 12.2. The number of carbonyl (C=O) groups is 1. The quantitative estimate of drug-likeness (QED) is 0.909. The molecular weight excluding hydrogens is 308 g/mol. The molecular formula is C13H13BrN4O. The lowest BCUT2D eigenvalue weighted by molar-refractivity contribution is 0.102. The Kier molecular flexibility index (Phi) is 4.46. The summed E-state index contributed by atoms with van der Waals surface area (Å²) in [5, 5.41) is 5.87. The third kappa shape index (κ3) is 3.29. The lowest BCUT2D eigenvalue weighted by Crippen LogP contribution is -2.16. The monoisotopic (exact) mass is 320 g/mol. The SMILES string of the molecule is CCNc1ccncc1C(=O)Nc1ncccc1Br. The lowest BCUT2D eigenvalue weighted by Gasteiger charge is -2.10. The molecule has 0 aliphatic carbocycles. The molecule has 0 radical (unpaired) electrons. The molecule has 0 spiro atoms. The predicted octanol–water partition coefficient (Wildman–Crippen LogP) is 2.92. The molecule has 0 atom stereocenters. The third-order valence-corrected chi connectivity index (χ3v) is 3.06. The number of amides is 1. The molecule has 0 aliphatic rings. The molecule has 0 unspecified atom stereocenters. The number of nitrogens with one attached hydrogen (secondary N) is 2. The smallest absolute Gasteiger partial charge is 0.260 e. The van der Waals surface area contributed by atoms with Gasteiger partial charge in [-0.15, -0.1) is 0 Å². The van der Waals surface area contributed by atoms with E-state index in [1.807, 2.05) is 13.0 Å². The van der Waals surface area contributed by atoms with E-state index in [4.69, 9.17) is 0 Å². The van der Waals surface area contributed by atoms with E-state index < -0.39 is 0 Å². The van der Waals surface area contributed by atoms with Gasteiger partial charge < -0.3 is 10.6 Å². The van der Waals surface area contributed by atoms with Crippen LogP contribution < -0.4 is 10.6 Å². The first-order valence-corrected chi connectivity index (χ1v) is 6.61. The summed E-state index contributed by atoms with van der Waals surface area (Å²) in [6, 6.07) is 5.37. The minimum absolute atomic E-state index is 0.247. The van der Waals surface area contributed by atoms with Crippen LogP contribution >= 0.6 is 15.9 Å². The van der Waals surface area contributed by atoms with E-state index in [0.29, 0.717) is 11.4 Å². The third-order valence-electron chi connectivity index (χ3n) is 2.42. The summed E-state index contributed by atoms with van der Waals surface area (Å²) >= 11 is 3.34. The van der Waals surface area contributed by atoms with Gasteiger partial charge in [0.25, 0.3) is 5.91 Å². The second-order valence-corrected chi connectivity index (χ2v) is 4.59. The van der Waals surface area contributed by atoms with Crippen LogP contribution in [0.5, 0.6) is 0 Å². The Morgan fingerprint density at radius 3 is 2.95 bits per heavy atom. The molecule has 98 valence electrons. The fourth-order valence-electron chi connectivity index (χ4n) is 1.57. The molecule has 19 heavy (non-hydrogen) atoms. The molecule has 0 aromatic carbocycles. The highest BCUT2D eigenvalue weighted by molar-refractivity contribution is 9.10. The average Bonchev–Trinajstić information content (AvgIpc) is 2.42. The second kappa shape index (κ2) is 6.29. The number of anilines is 2. The van der Waals surface area contributed by atoms with Crippen molar-refractivity contribution in [3.63, 3.8) is 0 Å². The van der Waals surface area contributed by atoms with Crippen molar-refractivity contribution in [2.24, 2.45) is 0 Å². The summed E-state index contributed by atoms with van der Waals surface area (Å²) in [6.45, 7) is 2.70. The van der Waals surface area contributed by atoms with Gasteiger partial charge in [0.2, 0.25) is 0 Å². The fourth-order valence-corrected chi connectivity index (χ4v) is 1.93. The highest BCUT2D eigenvalue weighted by Gasteiger charge is 2.13. The van der Waals surface area contributed by atoms with E-state index in [9.17, 15) is 4.79 Å². The highest BCUT2D eigenvalue weighted by Crippen LogP contribution is 2.20. The zero-order valence-corrected chi connectivity index (χ0v) is 11.9. The van der Waals surface area contributed by atoms with Crippen LogP contribution in [-0.4, -0.2) is 22.4 Å². The number of rotatable bonds is 4. The summed E-state index contributed by atoms with van der Waals surface area (Å²) in [6.07, 6.45) is 4.80. The van der Waals surface area contributed by atoms with Crippen molar-refractivity contribution in [2.75, 3.05) is 17.2 Å². The fraction of sp³-hybridized carbons (Fsp3) is 0.154. The number of pyridine rings is 2. The molecule has 0 fully saturated rings. The highest BCUT2D eigenvalue weighted by atomic mass is 79.9. The number of halogens is 1. The van der Waals surface area contributed by atoms with Crippen molar-refractivity contribution in [3.8, 4) is 0 Å². The molecule has 2 rings (SSSR count). The molecule has 5 nitrogen and oxygen atoms in total. The second-order valence-electron chi connectivity index (χ2n) is 3.74. The first kappa shape index (κ1) is 13.5. The summed E-state index contributed by atoms with van der Waals surface area (Å²) in [4.78, 5) is 20.3. The number of aromatic nitrogens is 2. The average molecular weight is 321 g/mol. The first-order chi connectivity index (χ1) is 9.22. The molecule has 2 heterocycles. The Hall–Kier alpha value is -1.95. The molecule has 2 aromatic heterocycles. The largest absolute Gasteiger partial charge is 0.385 e. The van der Waals surface area contributed by atoms with Crippen LogP contribution in [-0.2, 0) is 0 Å². The van der Waals surface area contributed by atoms with Gasteiger partial charge in [0.05, 0.1) is 15.7 Å². The van der Waals surface area contributed by atoms with Crippen LogP contribution in [0.2, 0.25) is 0 Å². The maximum absolute atomic E-state index is 12.2. The van der Waals surface area contributed by atoms with Gasteiger partial charge in [0.15, 0.2) is 0 Å². The molecule has 0 saturated carbocycles. The van der Waals surface area contributed by atoms with Crippen molar-refractivity contribution in [1.29, 1.82) is 0 Å². The van der Waals surface area contributed by atoms with Crippen molar-refractivity contribution >= 4 is 33.3 Å². The Bertz CT molecular complexity index is 588.